The minimum Gasteiger partial charge on any atom is -0.378 e. The van der Waals surface area contributed by atoms with Crippen LogP contribution in [0.2, 0.25) is 0 Å². The van der Waals surface area contributed by atoms with E-state index in [-0.39, 0.29) is 23.5 Å². The monoisotopic (exact) mass is 284 g/mol. The lowest BCUT2D eigenvalue weighted by Gasteiger charge is -2.57. The Morgan fingerprint density at radius 3 is 2.45 bits per heavy atom. The highest BCUT2D eigenvalue weighted by Gasteiger charge is 2.62. The number of carbonyl (C=O) groups excluding carboxylic acids is 1. The summed E-state index contributed by atoms with van der Waals surface area (Å²) in [6.45, 7) is 13.1. The molecule has 0 aromatic heterocycles. The summed E-state index contributed by atoms with van der Waals surface area (Å²) in [5.74, 6) is 0.582. The minimum atomic E-state index is -0.809. The Kier molecular flexibility index (Phi) is 5.61. The Balaban J connectivity index is 2.60. The molecule has 0 aliphatic heterocycles. The average Bonchev–Trinajstić information content (AvgIpc) is 2.37. The van der Waals surface area contributed by atoms with Crippen molar-refractivity contribution in [1.29, 1.82) is 0 Å². The SMILES string of the molecule is CCOC1CC(N)(C(=O)NC(C)CC(C)CC)C1(C)C. The fraction of sp³-hybridized carbons (Fsp3) is 0.938. The van der Waals surface area contributed by atoms with Crippen molar-refractivity contribution in [3.63, 3.8) is 0 Å². The van der Waals surface area contributed by atoms with E-state index < -0.39 is 5.54 Å². The molecule has 1 rings (SSSR count). The highest BCUT2D eigenvalue weighted by molar-refractivity contribution is 5.89. The largest absolute Gasteiger partial charge is 0.378 e. The average molecular weight is 284 g/mol. The molecule has 4 unspecified atom stereocenters. The molecule has 0 aromatic carbocycles. The van der Waals surface area contributed by atoms with Gasteiger partial charge in [0.15, 0.2) is 0 Å². The number of hydrogen-bond acceptors (Lipinski definition) is 3. The van der Waals surface area contributed by atoms with Crippen molar-refractivity contribution in [2.75, 3.05) is 6.61 Å². The van der Waals surface area contributed by atoms with Crippen LogP contribution < -0.4 is 11.1 Å². The van der Waals surface area contributed by atoms with Crippen molar-refractivity contribution in [3.8, 4) is 0 Å². The highest BCUT2D eigenvalue weighted by atomic mass is 16.5. The highest BCUT2D eigenvalue weighted by Crippen LogP contribution is 2.49. The molecule has 1 saturated carbocycles. The van der Waals surface area contributed by atoms with Gasteiger partial charge in [0.2, 0.25) is 5.91 Å². The van der Waals surface area contributed by atoms with Crippen LogP contribution in [0.1, 0.15) is 60.8 Å². The summed E-state index contributed by atoms with van der Waals surface area (Å²) in [5, 5.41) is 3.09. The topological polar surface area (TPSA) is 64.3 Å². The molecule has 1 aliphatic carbocycles. The Labute approximate surface area is 123 Å². The van der Waals surface area contributed by atoms with Crippen molar-refractivity contribution in [2.24, 2.45) is 17.1 Å². The Hall–Kier alpha value is -0.610. The van der Waals surface area contributed by atoms with Gasteiger partial charge < -0.3 is 15.8 Å². The maximum absolute atomic E-state index is 12.5. The fourth-order valence-corrected chi connectivity index (χ4v) is 3.00. The first-order valence-electron chi connectivity index (χ1n) is 7.90. The maximum Gasteiger partial charge on any atom is 0.241 e. The van der Waals surface area contributed by atoms with Crippen LogP contribution in [0.5, 0.6) is 0 Å². The third kappa shape index (κ3) is 3.17. The second kappa shape index (κ2) is 6.44. The van der Waals surface area contributed by atoms with Gasteiger partial charge in [0.25, 0.3) is 0 Å². The molecule has 4 atom stereocenters. The Bertz CT molecular complexity index is 343. The van der Waals surface area contributed by atoms with Crippen LogP contribution in [0.4, 0.5) is 0 Å². The van der Waals surface area contributed by atoms with Crippen LogP contribution in [0.15, 0.2) is 0 Å². The van der Waals surface area contributed by atoms with Gasteiger partial charge in [-0.3, -0.25) is 4.79 Å². The van der Waals surface area contributed by atoms with Crippen LogP contribution in [-0.2, 0) is 9.53 Å². The first-order valence-corrected chi connectivity index (χ1v) is 7.90. The number of carbonyl (C=O) groups is 1. The molecular formula is C16H32N2O2. The summed E-state index contributed by atoms with van der Waals surface area (Å²) < 4.78 is 5.67. The van der Waals surface area contributed by atoms with Crippen LogP contribution in [0.25, 0.3) is 0 Å². The van der Waals surface area contributed by atoms with Crippen LogP contribution in [-0.4, -0.2) is 30.2 Å². The van der Waals surface area contributed by atoms with Crippen molar-refractivity contribution >= 4 is 5.91 Å². The minimum absolute atomic E-state index is 0.0331. The molecule has 0 spiro atoms. The summed E-state index contributed by atoms with van der Waals surface area (Å²) >= 11 is 0. The van der Waals surface area contributed by atoms with Gasteiger partial charge in [-0.2, -0.15) is 0 Å². The summed E-state index contributed by atoms with van der Waals surface area (Å²) in [7, 11) is 0. The molecule has 20 heavy (non-hydrogen) atoms. The van der Waals surface area contributed by atoms with Crippen LogP contribution in [0, 0.1) is 11.3 Å². The van der Waals surface area contributed by atoms with Gasteiger partial charge in [-0.1, -0.05) is 34.1 Å². The zero-order chi connectivity index (χ0) is 15.6. The van der Waals surface area contributed by atoms with E-state index in [2.05, 4.69) is 26.1 Å². The maximum atomic E-state index is 12.5. The van der Waals surface area contributed by atoms with E-state index in [4.69, 9.17) is 10.5 Å². The van der Waals surface area contributed by atoms with Crippen molar-refractivity contribution in [3.05, 3.63) is 0 Å². The van der Waals surface area contributed by atoms with E-state index in [0.29, 0.717) is 18.9 Å². The standard InChI is InChI=1S/C16H32N2O2/c1-7-11(3)9-12(4)18-14(19)16(17)10-13(20-8-2)15(16,5)6/h11-13H,7-10,17H2,1-6H3,(H,18,19). The molecule has 0 aromatic rings. The molecule has 1 amide bonds. The number of nitrogens with two attached hydrogens (primary N) is 1. The van der Waals surface area contributed by atoms with Gasteiger partial charge in [-0.25, -0.2) is 0 Å². The van der Waals surface area contributed by atoms with Gasteiger partial charge in [0, 0.05) is 24.5 Å². The molecule has 0 saturated heterocycles. The summed E-state index contributed by atoms with van der Waals surface area (Å²) in [4.78, 5) is 12.5. The van der Waals surface area contributed by atoms with Gasteiger partial charge in [-0.05, 0) is 26.2 Å². The molecular weight excluding hydrogens is 252 g/mol. The lowest BCUT2D eigenvalue weighted by atomic mass is 9.54. The summed E-state index contributed by atoms with van der Waals surface area (Å²) in [6.07, 6.45) is 2.81. The lowest BCUT2D eigenvalue weighted by molar-refractivity contribution is -0.171. The van der Waals surface area contributed by atoms with E-state index in [9.17, 15) is 4.79 Å². The molecule has 1 aliphatic rings. The Morgan fingerprint density at radius 2 is 2.00 bits per heavy atom. The third-order valence-electron chi connectivity index (χ3n) is 5.07. The fourth-order valence-electron chi connectivity index (χ4n) is 3.00. The number of rotatable bonds is 7. The predicted molar refractivity (Wildman–Crippen MR) is 82.4 cm³/mol. The normalized spacial score (nSPS) is 31.2. The van der Waals surface area contributed by atoms with Crippen LogP contribution >= 0.6 is 0 Å². The van der Waals surface area contributed by atoms with E-state index in [1.54, 1.807) is 0 Å². The number of hydrogen-bond donors (Lipinski definition) is 2. The second-order valence-electron chi connectivity index (χ2n) is 6.96. The molecule has 1 fully saturated rings. The van der Waals surface area contributed by atoms with Crippen LogP contribution in [0.3, 0.4) is 0 Å². The first kappa shape index (κ1) is 17.4. The molecule has 0 radical (unpaired) electrons. The molecule has 0 bridgehead atoms. The zero-order valence-electron chi connectivity index (χ0n) is 14.0. The predicted octanol–water partition coefficient (Wildman–Crippen LogP) is 2.46. The van der Waals surface area contributed by atoms with Gasteiger partial charge in [-0.15, -0.1) is 0 Å². The number of amides is 1. The third-order valence-corrected chi connectivity index (χ3v) is 5.07. The quantitative estimate of drug-likeness (QED) is 0.755. The van der Waals surface area contributed by atoms with Gasteiger partial charge >= 0.3 is 0 Å². The second-order valence-corrected chi connectivity index (χ2v) is 6.96. The number of nitrogens with one attached hydrogen (secondary N) is 1. The van der Waals surface area contributed by atoms with Crippen molar-refractivity contribution < 1.29 is 9.53 Å². The molecule has 118 valence electrons. The van der Waals surface area contributed by atoms with Gasteiger partial charge in [0.05, 0.1) is 6.10 Å². The van der Waals surface area contributed by atoms with Crippen molar-refractivity contribution in [2.45, 2.75) is 78.5 Å². The summed E-state index contributed by atoms with van der Waals surface area (Å²) in [5.41, 5.74) is 5.24. The van der Waals surface area contributed by atoms with Crippen molar-refractivity contribution in [1.82, 2.24) is 5.32 Å². The van der Waals surface area contributed by atoms with E-state index in [1.807, 2.05) is 20.8 Å². The first-order chi connectivity index (χ1) is 9.18. The Morgan fingerprint density at radius 1 is 1.40 bits per heavy atom. The van der Waals surface area contributed by atoms with Gasteiger partial charge in [0.1, 0.15) is 5.54 Å². The molecule has 4 nitrogen and oxygen atoms in total. The molecule has 4 heteroatoms. The van der Waals surface area contributed by atoms with E-state index in [1.165, 1.54) is 0 Å². The summed E-state index contributed by atoms with van der Waals surface area (Å²) in [6, 6.07) is 0.166. The van der Waals surface area contributed by atoms with E-state index in [0.717, 1.165) is 12.8 Å². The molecule has 3 N–H and O–H groups in total. The molecule has 0 heterocycles. The smallest absolute Gasteiger partial charge is 0.241 e. The number of ether oxygens (including phenoxy) is 1. The lowest BCUT2D eigenvalue weighted by Crippen LogP contribution is -2.76. The zero-order valence-corrected chi connectivity index (χ0v) is 14.0. The van der Waals surface area contributed by atoms with E-state index >= 15 is 0 Å².